The van der Waals surface area contributed by atoms with Crippen LogP contribution in [0.15, 0.2) is 26.5 Å². The number of rotatable bonds is 2. The van der Waals surface area contributed by atoms with E-state index in [9.17, 15) is 13.2 Å². The lowest BCUT2D eigenvalue weighted by atomic mass is 10.0. The normalized spacial score (nSPS) is 12.8. The Labute approximate surface area is 122 Å². The fourth-order valence-electron chi connectivity index (χ4n) is 1.51. The second-order valence-electron chi connectivity index (χ2n) is 3.53. The van der Waals surface area contributed by atoms with Crippen molar-refractivity contribution in [1.29, 1.82) is 0 Å². The molecule has 18 heavy (non-hydrogen) atoms. The molecule has 1 aromatic heterocycles. The van der Waals surface area contributed by atoms with Gasteiger partial charge in [0, 0.05) is 27.0 Å². The van der Waals surface area contributed by atoms with E-state index in [4.69, 9.17) is 5.73 Å². The summed E-state index contributed by atoms with van der Waals surface area (Å²) < 4.78 is 41.5. The number of benzene rings is 1. The molecule has 0 saturated heterocycles. The Kier molecular flexibility index (Phi) is 4.15. The third-order valence-electron chi connectivity index (χ3n) is 2.33. The van der Waals surface area contributed by atoms with E-state index in [0.29, 0.717) is 17.0 Å². The molecule has 0 aliphatic heterocycles. The minimum atomic E-state index is -0.986. The number of nitrogens with two attached hydrogens (primary N) is 1. The van der Waals surface area contributed by atoms with Crippen LogP contribution in [0, 0.1) is 17.5 Å². The van der Waals surface area contributed by atoms with Gasteiger partial charge in [0.05, 0.1) is 9.83 Å². The Morgan fingerprint density at radius 3 is 2.06 bits per heavy atom. The summed E-state index contributed by atoms with van der Waals surface area (Å²) >= 11 is 7.80. The molecule has 1 nitrogen and oxygen atoms in total. The van der Waals surface area contributed by atoms with Gasteiger partial charge in [-0.05, 0) is 37.9 Å². The number of hydrogen-bond donors (Lipinski definition) is 1. The fraction of sp³-hybridized carbons (Fsp3) is 0.0909. The van der Waals surface area contributed by atoms with Crippen LogP contribution >= 0.6 is 43.2 Å². The van der Waals surface area contributed by atoms with Crippen LogP contribution in [0.3, 0.4) is 0 Å². The minimum Gasteiger partial charge on any atom is -0.319 e. The van der Waals surface area contributed by atoms with E-state index in [1.54, 1.807) is 6.07 Å². The van der Waals surface area contributed by atoms with Crippen molar-refractivity contribution in [3.8, 4) is 0 Å². The van der Waals surface area contributed by atoms with Crippen molar-refractivity contribution in [2.24, 2.45) is 5.73 Å². The highest BCUT2D eigenvalue weighted by molar-refractivity contribution is 9.13. The summed E-state index contributed by atoms with van der Waals surface area (Å²) in [4.78, 5) is 0.568. The molecule has 1 heterocycles. The number of halogens is 5. The molecule has 0 amide bonds. The molecule has 0 fully saturated rings. The lowest BCUT2D eigenvalue weighted by Gasteiger charge is -2.12. The van der Waals surface area contributed by atoms with Gasteiger partial charge in [0.25, 0.3) is 0 Å². The zero-order chi connectivity index (χ0) is 13.4. The van der Waals surface area contributed by atoms with Crippen LogP contribution in [0.1, 0.15) is 16.5 Å². The van der Waals surface area contributed by atoms with Crippen molar-refractivity contribution in [1.82, 2.24) is 0 Å². The van der Waals surface area contributed by atoms with Gasteiger partial charge < -0.3 is 5.73 Å². The zero-order valence-corrected chi connectivity index (χ0v) is 12.7. The van der Waals surface area contributed by atoms with E-state index in [1.165, 1.54) is 11.3 Å². The van der Waals surface area contributed by atoms with Crippen molar-refractivity contribution in [2.75, 3.05) is 0 Å². The van der Waals surface area contributed by atoms with E-state index in [2.05, 4.69) is 31.9 Å². The molecule has 2 aromatic rings. The number of thiophene rings is 1. The van der Waals surface area contributed by atoms with E-state index in [1.807, 2.05) is 0 Å². The maximum absolute atomic E-state index is 13.6. The highest BCUT2D eigenvalue weighted by atomic mass is 79.9. The smallest absolute Gasteiger partial charge is 0.134 e. The van der Waals surface area contributed by atoms with Gasteiger partial charge in [-0.2, -0.15) is 0 Å². The van der Waals surface area contributed by atoms with Gasteiger partial charge in [0.15, 0.2) is 0 Å². The van der Waals surface area contributed by atoms with Crippen LogP contribution in [-0.4, -0.2) is 0 Å². The Morgan fingerprint density at radius 2 is 1.61 bits per heavy atom. The van der Waals surface area contributed by atoms with Gasteiger partial charge in [-0.1, -0.05) is 0 Å². The first-order valence-electron chi connectivity index (χ1n) is 4.75. The molecule has 0 saturated carbocycles. The molecule has 1 aromatic carbocycles. The van der Waals surface area contributed by atoms with Crippen LogP contribution in [-0.2, 0) is 0 Å². The molecule has 1 unspecified atom stereocenters. The standard InChI is InChI=1S/C11H6Br2F3NS/c12-5-3-8(18-11(5)13)10(17)9-6(15)1-4(14)2-7(9)16/h1-3,10H,17H2. The molecule has 1 atom stereocenters. The van der Waals surface area contributed by atoms with Crippen molar-refractivity contribution in [3.63, 3.8) is 0 Å². The van der Waals surface area contributed by atoms with Crippen molar-refractivity contribution >= 4 is 43.2 Å². The third-order valence-corrected chi connectivity index (χ3v) is 5.66. The largest absolute Gasteiger partial charge is 0.319 e. The average Bonchev–Trinajstić information content (AvgIpc) is 2.57. The maximum atomic E-state index is 13.6. The van der Waals surface area contributed by atoms with Crippen LogP contribution in [0.5, 0.6) is 0 Å². The molecule has 0 bridgehead atoms. The molecule has 96 valence electrons. The molecule has 0 spiro atoms. The van der Waals surface area contributed by atoms with Crippen LogP contribution in [0.2, 0.25) is 0 Å². The average molecular weight is 401 g/mol. The van der Waals surface area contributed by atoms with E-state index < -0.39 is 23.5 Å². The molecule has 2 rings (SSSR count). The molecule has 0 radical (unpaired) electrons. The van der Waals surface area contributed by atoms with Crippen LogP contribution < -0.4 is 5.73 Å². The van der Waals surface area contributed by atoms with Crippen LogP contribution in [0.4, 0.5) is 13.2 Å². The Balaban J connectivity index is 2.49. The lowest BCUT2D eigenvalue weighted by Crippen LogP contribution is -2.14. The zero-order valence-electron chi connectivity index (χ0n) is 8.68. The number of hydrogen-bond acceptors (Lipinski definition) is 2. The monoisotopic (exact) mass is 399 g/mol. The molecule has 2 N–H and O–H groups in total. The summed E-state index contributed by atoms with van der Waals surface area (Å²) in [5, 5.41) is 0. The predicted molar refractivity (Wildman–Crippen MR) is 72.1 cm³/mol. The Morgan fingerprint density at radius 1 is 1.06 bits per heavy atom. The summed E-state index contributed by atoms with van der Waals surface area (Å²) in [6.07, 6.45) is 0. The van der Waals surface area contributed by atoms with Gasteiger partial charge in [-0.3, -0.25) is 0 Å². The van der Waals surface area contributed by atoms with Gasteiger partial charge in [-0.25, -0.2) is 13.2 Å². The summed E-state index contributed by atoms with van der Waals surface area (Å²) in [6, 6.07) is 1.94. The fourth-order valence-corrected chi connectivity index (χ4v) is 3.61. The molecule has 0 aliphatic carbocycles. The SMILES string of the molecule is NC(c1cc(Br)c(Br)s1)c1c(F)cc(F)cc1F. The van der Waals surface area contributed by atoms with Gasteiger partial charge in [0.1, 0.15) is 17.5 Å². The quantitative estimate of drug-likeness (QED) is 0.774. The van der Waals surface area contributed by atoms with Gasteiger partial charge >= 0.3 is 0 Å². The Hall–Kier alpha value is -0.370. The molecular weight excluding hydrogens is 395 g/mol. The maximum Gasteiger partial charge on any atom is 0.134 e. The van der Waals surface area contributed by atoms with E-state index >= 15 is 0 Å². The highest BCUT2D eigenvalue weighted by Crippen LogP contribution is 2.37. The third kappa shape index (κ3) is 2.64. The van der Waals surface area contributed by atoms with Crippen molar-refractivity contribution < 1.29 is 13.2 Å². The first-order valence-corrected chi connectivity index (χ1v) is 7.15. The van der Waals surface area contributed by atoms with E-state index in [-0.39, 0.29) is 5.56 Å². The van der Waals surface area contributed by atoms with Crippen molar-refractivity contribution in [2.45, 2.75) is 6.04 Å². The topological polar surface area (TPSA) is 26.0 Å². The molecular formula is C11H6Br2F3NS. The predicted octanol–water partition coefficient (Wildman–Crippen LogP) is 4.74. The first-order chi connectivity index (χ1) is 8.40. The summed E-state index contributed by atoms with van der Waals surface area (Å²) in [7, 11) is 0. The second-order valence-corrected chi connectivity index (χ2v) is 6.79. The summed E-state index contributed by atoms with van der Waals surface area (Å²) in [6.45, 7) is 0. The summed E-state index contributed by atoms with van der Waals surface area (Å²) in [5.41, 5.74) is 5.48. The minimum absolute atomic E-state index is 0.336. The van der Waals surface area contributed by atoms with Gasteiger partial charge in [-0.15, -0.1) is 11.3 Å². The molecule has 0 aliphatic rings. The lowest BCUT2D eigenvalue weighted by molar-refractivity contribution is 0.516. The Bertz CT molecular complexity index is 557. The van der Waals surface area contributed by atoms with Crippen molar-refractivity contribution in [3.05, 3.63) is 54.4 Å². The van der Waals surface area contributed by atoms with E-state index in [0.717, 1.165) is 8.26 Å². The molecule has 7 heteroatoms. The van der Waals surface area contributed by atoms with Crippen LogP contribution in [0.25, 0.3) is 0 Å². The second kappa shape index (κ2) is 5.32. The van der Waals surface area contributed by atoms with Gasteiger partial charge in [0.2, 0.25) is 0 Å². The first kappa shape index (κ1) is 14.0. The summed E-state index contributed by atoms with van der Waals surface area (Å²) in [5.74, 6) is -2.93. The highest BCUT2D eigenvalue weighted by Gasteiger charge is 2.22.